The highest BCUT2D eigenvalue weighted by atomic mass is 35.5. The van der Waals surface area contributed by atoms with Gasteiger partial charge in [0.05, 0.1) is 27.3 Å². The van der Waals surface area contributed by atoms with Crippen molar-refractivity contribution >= 4 is 50.9 Å². The van der Waals surface area contributed by atoms with Crippen molar-refractivity contribution in [3.8, 4) is 5.75 Å². The minimum Gasteiger partial charge on any atom is -0.490 e. The van der Waals surface area contributed by atoms with Gasteiger partial charge in [-0.25, -0.2) is 23.2 Å². The van der Waals surface area contributed by atoms with E-state index in [2.05, 4.69) is 25.9 Å². The van der Waals surface area contributed by atoms with Crippen molar-refractivity contribution in [3.05, 3.63) is 71.1 Å². The molecule has 0 bridgehead atoms. The Morgan fingerprint density at radius 3 is 2.32 bits per heavy atom. The summed E-state index contributed by atoms with van der Waals surface area (Å²) >= 11 is 5.86. The van der Waals surface area contributed by atoms with Gasteiger partial charge in [-0.1, -0.05) is 11.6 Å². The standard InChI is InChI=1S/C30H34ClN5O7S/c1-30(2,3)43-29(39)34-19-8-10-20(11-9-19)42-24-16-21(44(4,40)41)12-13-22(24)27(37)35-23-6-5-15-32-26(23)28(38)36-25-14-7-18(31)17-33-25/h5-7,12-17,19-20H,8-11H2,1-4H3,(H,34,39)(H,35,37)(H,33,36,38). The number of carbonyl (C=O) groups excluding carboxylic acids is 3. The van der Waals surface area contributed by atoms with Crippen LogP contribution in [0.4, 0.5) is 16.3 Å². The van der Waals surface area contributed by atoms with Crippen LogP contribution in [0.2, 0.25) is 5.02 Å². The number of alkyl carbamates (subject to hydrolysis) is 1. The number of pyridine rings is 2. The summed E-state index contributed by atoms with van der Waals surface area (Å²) in [6.07, 6.45) is 5.34. The maximum absolute atomic E-state index is 13.5. The smallest absolute Gasteiger partial charge is 0.407 e. The van der Waals surface area contributed by atoms with Crippen molar-refractivity contribution in [1.29, 1.82) is 0 Å². The van der Waals surface area contributed by atoms with E-state index in [1.165, 1.54) is 42.7 Å². The van der Waals surface area contributed by atoms with Crippen LogP contribution in [0.3, 0.4) is 0 Å². The Balaban J connectivity index is 1.49. The molecule has 14 heteroatoms. The molecule has 0 atom stereocenters. The van der Waals surface area contributed by atoms with Crippen molar-refractivity contribution in [2.75, 3.05) is 16.9 Å². The number of rotatable bonds is 8. The molecular formula is C30H34ClN5O7S. The number of hydrogen-bond acceptors (Lipinski definition) is 9. The lowest BCUT2D eigenvalue weighted by Gasteiger charge is -2.30. The van der Waals surface area contributed by atoms with Gasteiger partial charge in [0.15, 0.2) is 15.5 Å². The van der Waals surface area contributed by atoms with Crippen molar-refractivity contribution in [1.82, 2.24) is 15.3 Å². The molecule has 3 N–H and O–H groups in total. The monoisotopic (exact) mass is 643 g/mol. The molecule has 0 unspecified atom stereocenters. The number of sulfone groups is 1. The minimum absolute atomic E-state index is 0.0127. The SMILES string of the molecule is CC(C)(C)OC(=O)NC1CCC(Oc2cc(S(C)(=O)=O)ccc2C(=O)Nc2cccnc2C(=O)Nc2ccc(Cl)cn2)CC1. The Morgan fingerprint density at radius 2 is 1.68 bits per heavy atom. The summed E-state index contributed by atoms with van der Waals surface area (Å²) < 4.78 is 36.2. The molecule has 0 spiro atoms. The van der Waals surface area contributed by atoms with E-state index in [1.807, 2.05) is 0 Å². The predicted octanol–water partition coefficient (Wildman–Crippen LogP) is 5.25. The fourth-order valence-corrected chi connectivity index (χ4v) is 5.25. The van der Waals surface area contributed by atoms with Crippen molar-refractivity contribution in [2.24, 2.45) is 0 Å². The van der Waals surface area contributed by atoms with E-state index in [9.17, 15) is 22.8 Å². The quantitative estimate of drug-likeness (QED) is 0.297. The van der Waals surface area contributed by atoms with Gasteiger partial charge in [0.1, 0.15) is 17.2 Å². The first-order valence-electron chi connectivity index (χ1n) is 13.9. The molecule has 234 valence electrons. The third kappa shape index (κ3) is 9.13. The van der Waals surface area contributed by atoms with Gasteiger partial charge >= 0.3 is 6.09 Å². The lowest BCUT2D eigenvalue weighted by atomic mass is 9.93. The number of halogens is 1. The van der Waals surface area contributed by atoms with Crippen LogP contribution in [0.15, 0.2) is 59.8 Å². The van der Waals surface area contributed by atoms with Gasteiger partial charge in [0.25, 0.3) is 11.8 Å². The van der Waals surface area contributed by atoms with Crippen molar-refractivity contribution < 1.29 is 32.3 Å². The summed E-state index contributed by atoms with van der Waals surface area (Å²) in [6, 6.07) is 10.1. The lowest BCUT2D eigenvalue weighted by molar-refractivity contribution is 0.0469. The zero-order valence-electron chi connectivity index (χ0n) is 24.7. The highest BCUT2D eigenvalue weighted by Gasteiger charge is 2.28. The first-order valence-corrected chi connectivity index (χ1v) is 16.1. The van der Waals surface area contributed by atoms with Crippen molar-refractivity contribution in [2.45, 2.75) is 69.1 Å². The van der Waals surface area contributed by atoms with Crippen LogP contribution in [-0.4, -0.2) is 60.3 Å². The third-order valence-electron chi connectivity index (χ3n) is 6.55. The topological polar surface area (TPSA) is 166 Å². The molecule has 2 aromatic heterocycles. The van der Waals surface area contributed by atoms with Gasteiger partial charge in [0.2, 0.25) is 0 Å². The van der Waals surface area contributed by atoms with Gasteiger partial charge in [-0.3, -0.25) is 9.59 Å². The van der Waals surface area contributed by atoms with E-state index in [1.54, 1.807) is 32.9 Å². The molecule has 1 fully saturated rings. The predicted molar refractivity (Wildman–Crippen MR) is 165 cm³/mol. The normalized spacial score (nSPS) is 16.8. The molecule has 4 rings (SSSR count). The first-order chi connectivity index (χ1) is 20.7. The second kappa shape index (κ2) is 13.6. The third-order valence-corrected chi connectivity index (χ3v) is 7.89. The maximum atomic E-state index is 13.5. The Labute approximate surface area is 260 Å². The number of anilines is 2. The van der Waals surface area contributed by atoms with E-state index in [0.29, 0.717) is 30.7 Å². The summed E-state index contributed by atoms with van der Waals surface area (Å²) in [7, 11) is -3.61. The molecule has 0 aliphatic heterocycles. The van der Waals surface area contributed by atoms with Crippen LogP contribution in [0.5, 0.6) is 5.75 Å². The molecule has 1 aliphatic carbocycles. The maximum Gasteiger partial charge on any atom is 0.407 e. The second-order valence-corrected chi connectivity index (χ2v) is 13.8. The summed E-state index contributed by atoms with van der Waals surface area (Å²) in [4.78, 5) is 46.8. The number of benzene rings is 1. The van der Waals surface area contributed by atoms with E-state index in [4.69, 9.17) is 21.1 Å². The van der Waals surface area contributed by atoms with Crippen LogP contribution in [0.25, 0.3) is 0 Å². The molecule has 0 saturated heterocycles. The minimum atomic E-state index is -3.61. The van der Waals surface area contributed by atoms with Crippen LogP contribution < -0.4 is 20.7 Å². The number of ether oxygens (including phenoxy) is 2. The molecule has 1 aliphatic rings. The molecular weight excluding hydrogens is 610 g/mol. The van der Waals surface area contributed by atoms with Gasteiger partial charge in [-0.15, -0.1) is 0 Å². The van der Waals surface area contributed by atoms with E-state index in [0.717, 1.165) is 6.26 Å². The lowest BCUT2D eigenvalue weighted by Crippen LogP contribution is -2.42. The molecule has 12 nitrogen and oxygen atoms in total. The number of nitrogens with one attached hydrogen (secondary N) is 3. The molecule has 3 aromatic rings. The number of aromatic nitrogens is 2. The zero-order valence-corrected chi connectivity index (χ0v) is 26.3. The number of hydrogen-bond donors (Lipinski definition) is 3. The Kier molecular flexibility index (Phi) is 10.1. The summed E-state index contributed by atoms with van der Waals surface area (Å²) in [6.45, 7) is 5.37. The summed E-state index contributed by atoms with van der Waals surface area (Å²) in [5, 5.41) is 8.57. The van der Waals surface area contributed by atoms with Gasteiger partial charge in [0, 0.05) is 24.7 Å². The zero-order chi connectivity index (χ0) is 32.1. The molecule has 2 heterocycles. The van der Waals surface area contributed by atoms with Crippen LogP contribution in [-0.2, 0) is 14.6 Å². The first kappa shape index (κ1) is 32.7. The van der Waals surface area contributed by atoms with Crippen LogP contribution >= 0.6 is 11.6 Å². The second-order valence-electron chi connectivity index (χ2n) is 11.3. The highest BCUT2D eigenvalue weighted by molar-refractivity contribution is 7.90. The molecule has 1 saturated carbocycles. The Morgan fingerprint density at radius 1 is 0.955 bits per heavy atom. The average molecular weight is 644 g/mol. The van der Waals surface area contributed by atoms with Crippen LogP contribution in [0, 0.1) is 0 Å². The van der Waals surface area contributed by atoms with Crippen LogP contribution in [0.1, 0.15) is 67.3 Å². The summed E-state index contributed by atoms with van der Waals surface area (Å²) in [5.74, 6) is -0.928. The van der Waals surface area contributed by atoms with E-state index < -0.39 is 33.3 Å². The Bertz CT molecular complexity index is 1630. The molecule has 44 heavy (non-hydrogen) atoms. The fraction of sp³-hybridized carbons (Fsp3) is 0.367. The summed E-state index contributed by atoms with van der Waals surface area (Å²) in [5.41, 5.74) is -0.485. The average Bonchev–Trinajstić information content (AvgIpc) is 2.94. The number of amides is 3. The van der Waals surface area contributed by atoms with Gasteiger partial charge in [-0.2, -0.15) is 0 Å². The largest absolute Gasteiger partial charge is 0.490 e. The molecule has 1 aromatic carbocycles. The molecule has 0 radical (unpaired) electrons. The highest BCUT2D eigenvalue weighted by Crippen LogP contribution is 2.30. The van der Waals surface area contributed by atoms with Crippen molar-refractivity contribution in [3.63, 3.8) is 0 Å². The van der Waals surface area contributed by atoms with E-state index >= 15 is 0 Å². The number of carbonyl (C=O) groups is 3. The molecule has 3 amide bonds. The van der Waals surface area contributed by atoms with Gasteiger partial charge in [-0.05, 0) is 88.9 Å². The van der Waals surface area contributed by atoms with E-state index in [-0.39, 0.29) is 45.6 Å². The van der Waals surface area contributed by atoms with Gasteiger partial charge < -0.3 is 25.4 Å². The number of nitrogens with zero attached hydrogens (tertiary/aromatic N) is 2. The fourth-order valence-electron chi connectivity index (χ4n) is 4.50. The Hall–Kier alpha value is -4.23.